The van der Waals surface area contributed by atoms with E-state index in [0.717, 1.165) is 31.3 Å². The summed E-state index contributed by atoms with van der Waals surface area (Å²) in [4.78, 5) is 24.5. The minimum Gasteiger partial charge on any atom is -0.395 e. The number of carbonyl (C=O) groups excluding carboxylic acids is 2. The van der Waals surface area contributed by atoms with Gasteiger partial charge in [-0.05, 0) is 55.6 Å². The molecule has 0 heterocycles. The molecule has 2 fully saturated rings. The van der Waals surface area contributed by atoms with E-state index in [0.29, 0.717) is 29.2 Å². The summed E-state index contributed by atoms with van der Waals surface area (Å²) in [6, 6.07) is 0. The maximum absolute atomic E-state index is 12.5. The highest BCUT2D eigenvalue weighted by molar-refractivity contribution is 6.05. The molecule has 0 bridgehead atoms. The van der Waals surface area contributed by atoms with Crippen molar-refractivity contribution in [2.45, 2.75) is 46.5 Å². The maximum atomic E-state index is 12.5. The molecule has 0 aliphatic heterocycles. The number of nitrogens with two attached hydrogens (primary N) is 1. The Morgan fingerprint density at radius 3 is 2.65 bits per heavy atom. The molecule has 0 amide bonds. The highest BCUT2D eigenvalue weighted by Gasteiger charge is 2.59. The number of Topliss-reactive ketones (excluding diaryl/α,β-unsaturated/α-hetero) is 1. The zero-order valence-electron chi connectivity index (χ0n) is 14.2. The van der Waals surface area contributed by atoms with E-state index in [9.17, 15) is 9.59 Å². The normalized spacial score (nSPS) is 45.5. The minimum absolute atomic E-state index is 0.0725. The molecule has 0 aromatic rings. The monoisotopic (exact) mass is 311 g/mol. The lowest BCUT2D eigenvalue weighted by atomic mass is 9.48. The van der Waals surface area contributed by atoms with Gasteiger partial charge in [0, 0.05) is 17.3 Å². The van der Waals surface area contributed by atoms with E-state index in [1.807, 2.05) is 0 Å². The first-order valence-corrected chi connectivity index (χ1v) is 8.74. The summed E-state index contributed by atoms with van der Waals surface area (Å²) in [6.07, 6.45) is 9.60. The Kier molecular flexibility index (Phi) is 2.89. The molecule has 2 saturated carbocycles. The van der Waals surface area contributed by atoms with Gasteiger partial charge in [-0.3, -0.25) is 9.59 Å². The van der Waals surface area contributed by atoms with E-state index >= 15 is 0 Å². The number of hydrogen-bond donors (Lipinski definition) is 1. The van der Waals surface area contributed by atoms with Crippen molar-refractivity contribution in [1.82, 2.24) is 0 Å². The Balaban J connectivity index is 1.87. The molecule has 0 saturated heterocycles. The van der Waals surface area contributed by atoms with Gasteiger partial charge in [-0.25, -0.2) is 0 Å². The van der Waals surface area contributed by atoms with Gasteiger partial charge in [-0.15, -0.1) is 0 Å². The fraction of sp³-hybridized carbons (Fsp3) is 0.600. The van der Waals surface area contributed by atoms with E-state index in [1.165, 1.54) is 5.57 Å². The van der Waals surface area contributed by atoms with Gasteiger partial charge in [-0.2, -0.15) is 0 Å². The van der Waals surface area contributed by atoms with Crippen molar-refractivity contribution >= 4 is 11.6 Å². The lowest BCUT2D eigenvalue weighted by Crippen LogP contribution is -2.50. The average molecular weight is 311 g/mol. The molecule has 0 radical (unpaired) electrons. The SMILES string of the molecule is CC1=CC2=C(N)C(=O)C=C[C@]2(C)[C@H]2CC[C@]3(C)C(=O)CC[C@H]3[C@H]12. The predicted octanol–water partition coefficient (Wildman–Crippen LogP) is 3.32. The van der Waals surface area contributed by atoms with Crippen molar-refractivity contribution in [3.8, 4) is 0 Å². The molecule has 0 aromatic heterocycles. The molecule has 0 aromatic carbocycles. The summed E-state index contributed by atoms with van der Waals surface area (Å²) in [7, 11) is 0. The molecule has 3 heteroatoms. The zero-order valence-corrected chi connectivity index (χ0v) is 14.2. The highest BCUT2D eigenvalue weighted by atomic mass is 16.1. The van der Waals surface area contributed by atoms with Gasteiger partial charge >= 0.3 is 0 Å². The third-order valence-corrected chi connectivity index (χ3v) is 7.36. The Morgan fingerprint density at radius 2 is 1.91 bits per heavy atom. The van der Waals surface area contributed by atoms with Crippen molar-refractivity contribution in [2.75, 3.05) is 0 Å². The lowest BCUT2D eigenvalue weighted by molar-refractivity contribution is -0.130. The summed E-state index contributed by atoms with van der Waals surface area (Å²) in [5.41, 5.74) is 8.53. The third-order valence-electron chi connectivity index (χ3n) is 7.36. The van der Waals surface area contributed by atoms with Gasteiger partial charge in [0.15, 0.2) is 0 Å². The number of ketones is 2. The van der Waals surface area contributed by atoms with Gasteiger partial charge in [0.25, 0.3) is 0 Å². The Morgan fingerprint density at radius 1 is 1.17 bits per heavy atom. The molecule has 0 spiro atoms. The van der Waals surface area contributed by atoms with E-state index in [2.05, 4.69) is 32.9 Å². The largest absolute Gasteiger partial charge is 0.395 e. The van der Waals surface area contributed by atoms with Gasteiger partial charge in [-0.1, -0.05) is 31.6 Å². The number of allylic oxidation sites excluding steroid dienone is 5. The van der Waals surface area contributed by atoms with Crippen LogP contribution in [-0.4, -0.2) is 11.6 Å². The average Bonchev–Trinajstić information content (AvgIpc) is 2.82. The number of carbonyl (C=O) groups is 2. The fourth-order valence-corrected chi connectivity index (χ4v) is 5.95. The molecular formula is C20H25NO2. The van der Waals surface area contributed by atoms with E-state index in [-0.39, 0.29) is 16.6 Å². The van der Waals surface area contributed by atoms with Crippen LogP contribution in [0.3, 0.4) is 0 Å². The summed E-state index contributed by atoms with van der Waals surface area (Å²) in [6.45, 7) is 6.56. The Bertz CT molecular complexity index is 713. The smallest absolute Gasteiger partial charge is 0.201 e. The van der Waals surface area contributed by atoms with E-state index < -0.39 is 0 Å². The van der Waals surface area contributed by atoms with Crippen LogP contribution in [-0.2, 0) is 9.59 Å². The van der Waals surface area contributed by atoms with Crippen LogP contribution >= 0.6 is 0 Å². The highest BCUT2D eigenvalue weighted by Crippen LogP contribution is 2.63. The summed E-state index contributed by atoms with van der Waals surface area (Å²) in [5, 5.41) is 0. The van der Waals surface area contributed by atoms with Crippen molar-refractivity contribution in [2.24, 2.45) is 34.3 Å². The number of fused-ring (bicyclic) bond motifs is 5. The van der Waals surface area contributed by atoms with Crippen LogP contribution in [0.1, 0.15) is 46.5 Å². The molecule has 122 valence electrons. The minimum atomic E-state index is -0.171. The molecule has 2 N–H and O–H groups in total. The fourth-order valence-electron chi connectivity index (χ4n) is 5.95. The predicted molar refractivity (Wildman–Crippen MR) is 89.3 cm³/mol. The molecular weight excluding hydrogens is 286 g/mol. The third kappa shape index (κ3) is 1.71. The molecule has 4 aliphatic carbocycles. The van der Waals surface area contributed by atoms with Crippen molar-refractivity contribution in [1.29, 1.82) is 0 Å². The first-order valence-electron chi connectivity index (χ1n) is 8.74. The van der Waals surface area contributed by atoms with Crippen LogP contribution in [0.15, 0.2) is 35.1 Å². The number of rotatable bonds is 0. The van der Waals surface area contributed by atoms with Crippen molar-refractivity contribution < 1.29 is 9.59 Å². The first-order chi connectivity index (χ1) is 10.8. The summed E-state index contributed by atoms with van der Waals surface area (Å²) >= 11 is 0. The zero-order chi connectivity index (χ0) is 16.6. The quantitative estimate of drug-likeness (QED) is 0.746. The summed E-state index contributed by atoms with van der Waals surface area (Å²) in [5.74, 6) is 1.69. The maximum Gasteiger partial charge on any atom is 0.201 e. The van der Waals surface area contributed by atoms with E-state index in [4.69, 9.17) is 5.73 Å². The molecule has 23 heavy (non-hydrogen) atoms. The standard InChI is InChI=1S/C20H25NO2/c1-11-10-14-18(21)15(22)7-9-19(14,2)13-6-8-20(3)12(17(11)13)4-5-16(20)23/h7,9-10,12-13,17H,4-6,8,21H2,1-3H3/t12-,13-,17-,19+,20-/m0/s1. The van der Waals surface area contributed by atoms with Gasteiger partial charge in [0.1, 0.15) is 5.78 Å². The first kappa shape index (κ1) is 14.9. The number of hydrogen-bond acceptors (Lipinski definition) is 3. The van der Waals surface area contributed by atoms with Crippen molar-refractivity contribution in [3.05, 3.63) is 35.1 Å². The second-order valence-corrected chi connectivity index (χ2v) is 8.35. The molecule has 4 rings (SSSR count). The van der Waals surface area contributed by atoms with E-state index in [1.54, 1.807) is 6.08 Å². The van der Waals surface area contributed by atoms with Crippen LogP contribution in [0, 0.1) is 28.6 Å². The van der Waals surface area contributed by atoms with Gasteiger partial charge in [0.2, 0.25) is 5.78 Å². The van der Waals surface area contributed by atoms with Crippen LogP contribution in [0.4, 0.5) is 0 Å². The molecule has 0 unspecified atom stereocenters. The van der Waals surface area contributed by atoms with Crippen LogP contribution in [0.25, 0.3) is 0 Å². The molecule has 5 atom stereocenters. The Hall–Kier alpha value is -1.64. The van der Waals surface area contributed by atoms with Gasteiger partial charge in [0.05, 0.1) is 5.70 Å². The second kappa shape index (κ2) is 4.46. The van der Waals surface area contributed by atoms with Crippen LogP contribution in [0.5, 0.6) is 0 Å². The van der Waals surface area contributed by atoms with Crippen molar-refractivity contribution in [3.63, 3.8) is 0 Å². The lowest BCUT2D eigenvalue weighted by Gasteiger charge is -2.55. The summed E-state index contributed by atoms with van der Waals surface area (Å²) < 4.78 is 0. The Labute approximate surface area is 137 Å². The van der Waals surface area contributed by atoms with Crippen LogP contribution < -0.4 is 5.73 Å². The second-order valence-electron chi connectivity index (χ2n) is 8.35. The van der Waals surface area contributed by atoms with Crippen LogP contribution in [0.2, 0.25) is 0 Å². The molecule has 3 nitrogen and oxygen atoms in total. The topological polar surface area (TPSA) is 60.2 Å². The molecule has 4 aliphatic rings. The van der Waals surface area contributed by atoms with Gasteiger partial charge < -0.3 is 5.73 Å².